The van der Waals surface area contributed by atoms with E-state index in [2.05, 4.69) is 45.3 Å². The third-order valence-electron chi connectivity index (χ3n) is 4.29. The maximum Gasteiger partial charge on any atom is 0.192 e. The molecule has 1 N–H and O–H groups in total. The predicted octanol–water partition coefficient (Wildman–Crippen LogP) is 3.43. The molecule has 18 heavy (non-hydrogen) atoms. The van der Waals surface area contributed by atoms with Gasteiger partial charge in [0, 0.05) is 19.0 Å². The number of hydrogen-bond donors (Lipinski definition) is 1. The first kappa shape index (κ1) is 15.7. The van der Waals surface area contributed by atoms with E-state index >= 15 is 0 Å². The van der Waals surface area contributed by atoms with E-state index in [9.17, 15) is 0 Å². The summed E-state index contributed by atoms with van der Waals surface area (Å²) in [6.45, 7) is 12.5. The van der Waals surface area contributed by atoms with Gasteiger partial charge in [-0.15, -0.1) is 0 Å². The summed E-state index contributed by atoms with van der Waals surface area (Å²) in [4.78, 5) is 0. The van der Waals surface area contributed by atoms with Crippen molar-refractivity contribution in [1.29, 1.82) is 5.26 Å². The Balaban J connectivity index is 2.37. The highest BCUT2D eigenvalue weighted by atomic mass is 28.4. The average molecular weight is 268 g/mol. The Hall–Kier alpha value is -0.373. The van der Waals surface area contributed by atoms with Crippen LogP contribution in [0.15, 0.2) is 0 Å². The number of rotatable bonds is 5. The predicted molar refractivity (Wildman–Crippen MR) is 77.9 cm³/mol. The van der Waals surface area contributed by atoms with Gasteiger partial charge < -0.3 is 9.74 Å². The lowest BCUT2D eigenvalue weighted by Crippen LogP contribution is -2.44. The van der Waals surface area contributed by atoms with Crippen LogP contribution in [0.5, 0.6) is 0 Å². The van der Waals surface area contributed by atoms with Gasteiger partial charge in [-0.05, 0) is 37.4 Å². The van der Waals surface area contributed by atoms with Gasteiger partial charge in [0.1, 0.15) is 0 Å². The molecule has 2 atom stereocenters. The van der Waals surface area contributed by atoms with Crippen LogP contribution in [-0.4, -0.2) is 27.0 Å². The van der Waals surface area contributed by atoms with Crippen molar-refractivity contribution in [2.24, 2.45) is 0 Å². The van der Waals surface area contributed by atoms with Crippen molar-refractivity contribution < 1.29 is 4.43 Å². The lowest BCUT2D eigenvalue weighted by atomic mass is 10.1. The molecule has 3 nitrogen and oxygen atoms in total. The summed E-state index contributed by atoms with van der Waals surface area (Å²) in [6.07, 6.45) is 4.26. The number of nitriles is 1. The number of hydrogen-bond acceptors (Lipinski definition) is 3. The summed E-state index contributed by atoms with van der Waals surface area (Å²) in [5, 5.41) is 12.4. The lowest BCUT2D eigenvalue weighted by molar-refractivity contribution is 0.197. The molecule has 0 unspecified atom stereocenters. The number of nitrogens with one attached hydrogen (secondary N) is 1. The molecule has 104 valence electrons. The van der Waals surface area contributed by atoms with E-state index in [-0.39, 0.29) is 5.04 Å². The third kappa shape index (κ3) is 4.38. The summed E-state index contributed by atoms with van der Waals surface area (Å²) in [5.74, 6) is 0. The zero-order valence-corrected chi connectivity index (χ0v) is 13.5. The van der Waals surface area contributed by atoms with Crippen LogP contribution in [0.4, 0.5) is 0 Å². The van der Waals surface area contributed by atoms with Crippen LogP contribution >= 0.6 is 0 Å². The van der Waals surface area contributed by atoms with Crippen LogP contribution in [0, 0.1) is 11.3 Å². The van der Waals surface area contributed by atoms with Crippen LogP contribution in [0.3, 0.4) is 0 Å². The molecule has 0 spiro atoms. The molecule has 0 bridgehead atoms. The molecule has 1 heterocycles. The van der Waals surface area contributed by atoms with E-state index < -0.39 is 8.32 Å². The summed E-state index contributed by atoms with van der Waals surface area (Å²) in [6, 6.07) is 2.76. The van der Waals surface area contributed by atoms with Crippen LogP contribution in [-0.2, 0) is 4.43 Å². The zero-order chi connectivity index (χ0) is 13.8. The average Bonchev–Trinajstić information content (AvgIpc) is 2.63. The van der Waals surface area contributed by atoms with E-state index in [4.69, 9.17) is 9.69 Å². The van der Waals surface area contributed by atoms with Gasteiger partial charge in [0.05, 0.1) is 12.2 Å². The standard InChI is InChI=1S/C14H28N2OSi/c1-14(2,3)18(4,5)17-13-10-12(16-11-13)8-6-7-9-15/h12-13,16H,6-8,10-11H2,1-5H3/t12-,13-/m1/s1. The molecule has 0 amide bonds. The minimum atomic E-state index is -1.63. The Morgan fingerprint density at radius 1 is 1.39 bits per heavy atom. The normalized spacial score (nSPS) is 25.1. The van der Waals surface area contributed by atoms with Crippen LogP contribution in [0.2, 0.25) is 18.1 Å². The fourth-order valence-electron chi connectivity index (χ4n) is 2.11. The van der Waals surface area contributed by atoms with Crippen molar-refractivity contribution in [3.8, 4) is 6.07 Å². The first-order valence-electron chi connectivity index (χ1n) is 7.04. The van der Waals surface area contributed by atoms with Crippen molar-refractivity contribution in [3.05, 3.63) is 0 Å². The SMILES string of the molecule is CC(C)(C)[Si](C)(C)O[C@H]1CN[C@H](CCCC#N)C1. The summed E-state index contributed by atoms with van der Waals surface area (Å²) in [7, 11) is -1.63. The highest BCUT2D eigenvalue weighted by Crippen LogP contribution is 2.38. The lowest BCUT2D eigenvalue weighted by Gasteiger charge is -2.38. The molecule has 0 saturated carbocycles. The Morgan fingerprint density at radius 2 is 2.06 bits per heavy atom. The minimum Gasteiger partial charge on any atom is -0.413 e. The maximum atomic E-state index is 8.54. The Labute approximate surface area is 113 Å². The van der Waals surface area contributed by atoms with Crippen molar-refractivity contribution in [1.82, 2.24) is 5.32 Å². The van der Waals surface area contributed by atoms with Gasteiger partial charge in [-0.3, -0.25) is 0 Å². The largest absolute Gasteiger partial charge is 0.413 e. The second kappa shape index (κ2) is 6.18. The second-order valence-corrected chi connectivity index (χ2v) is 11.6. The topological polar surface area (TPSA) is 45.0 Å². The van der Waals surface area contributed by atoms with Crippen molar-refractivity contribution >= 4 is 8.32 Å². The Morgan fingerprint density at radius 3 is 2.61 bits per heavy atom. The van der Waals surface area contributed by atoms with Gasteiger partial charge in [-0.2, -0.15) is 5.26 Å². The second-order valence-electron chi connectivity index (χ2n) is 6.89. The molecular formula is C14H28N2OSi. The van der Waals surface area contributed by atoms with Gasteiger partial charge >= 0.3 is 0 Å². The number of unbranched alkanes of at least 4 members (excludes halogenated alkanes) is 1. The van der Waals surface area contributed by atoms with Crippen molar-refractivity contribution in [2.45, 2.75) is 76.7 Å². The quantitative estimate of drug-likeness (QED) is 0.614. The molecule has 0 aromatic heterocycles. The van der Waals surface area contributed by atoms with E-state index in [1.54, 1.807) is 0 Å². The molecular weight excluding hydrogens is 240 g/mol. The monoisotopic (exact) mass is 268 g/mol. The van der Waals surface area contributed by atoms with Gasteiger partial charge in [0.2, 0.25) is 0 Å². The summed E-state index contributed by atoms with van der Waals surface area (Å²) >= 11 is 0. The van der Waals surface area contributed by atoms with Crippen LogP contribution in [0.25, 0.3) is 0 Å². The van der Waals surface area contributed by atoms with Crippen molar-refractivity contribution in [3.63, 3.8) is 0 Å². The Kier molecular flexibility index (Phi) is 5.39. The van der Waals surface area contributed by atoms with E-state index in [1.807, 2.05) is 0 Å². The fourth-order valence-corrected chi connectivity index (χ4v) is 3.48. The Bertz CT molecular complexity index is 304. The van der Waals surface area contributed by atoms with Gasteiger partial charge in [-0.25, -0.2) is 0 Å². The number of nitrogens with zero attached hydrogens (tertiary/aromatic N) is 1. The van der Waals surface area contributed by atoms with Crippen LogP contribution in [0.1, 0.15) is 46.5 Å². The first-order valence-corrected chi connectivity index (χ1v) is 9.95. The highest BCUT2D eigenvalue weighted by Gasteiger charge is 2.40. The first-order chi connectivity index (χ1) is 8.26. The summed E-state index contributed by atoms with van der Waals surface area (Å²) < 4.78 is 6.41. The third-order valence-corrected chi connectivity index (χ3v) is 8.83. The van der Waals surface area contributed by atoms with Gasteiger partial charge in [0.25, 0.3) is 0 Å². The maximum absolute atomic E-state index is 8.54. The van der Waals surface area contributed by atoms with E-state index in [0.29, 0.717) is 18.6 Å². The molecule has 4 heteroatoms. The van der Waals surface area contributed by atoms with E-state index in [1.165, 1.54) is 0 Å². The molecule has 0 aliphatic carbocycles. The van der Waals surface area contributed by atoms with Crippen molar-refractivity contribution in [2.75, 3.05) is 6.54 Å². The van der Waals surface area contributed by atoms with Gasteiger partial charge in [0.15, 0.2) is 8.32 Å². The molecule has 0 aromatic rings. The molecule has 1 rings (SSSR count). The molecule has 1 saturated heterocycles. The molecule has 1 aliphatic heterocycles. The molecule has 0 aromatic carbocycles. The summed E-state index contributed by atoms with van der Waals surface area (Å²) in [5.41, 5.74) is 0. The highest BCUT2D eigenvalue weighted by molar-refractivity contribution is 6.74. The van der Waals surface area contributed by atoms with E-state index in [0.717, 1.165) is 25.8 Å². The van der Waals surface area contributed by atoms with Crippen LogP contribution < -0.4 is 5.32 Å². The fraction of sp³-hybridized carbons (Fsp3) is 0.929. The minimum absolute atomic E-state index is 0.284. The molecule has 0 radical (unpaired) electrons. The molecule has 1 aliphatic rings. The molecule has 1 fully saturated rings. The smallest absolute Gasteiger partial charge is 0.192 e. The zero-order valence-electron chi connectivity index (χ0n) is 12.5. The van der Waals surface area contributed by atoms with Gasteiger partial charge in [-0.1, -0.05) is 20.8 Å².